The lowest BCUT2D eigenvalue weighted by Gasteiger charge is -2.11. The largest absolute Gasteiger partial charge is 0.545 e. The summed E-state index contributed by atoms with van der Waals surface area (Å²) in [4.78, 5) is 11.8. The maximum absolute atomic E-state index is 12.0. The average molecular weight is 351 g/mol. The van der Waals surface area contributed by atoms with Gasteiger partial charge in [-0.25, -0.2) is 13.1 Å². The molecule has 0 spiro atoms. The number of hydrogen-bond donors (Lipinski definition) is 2. The van der Waals surface area contributed by atoms with Crippen LogP contribution in [0.15, 0.2) is 27.6 Å². The van der Waals surface area contributed by atoms with E-state index in [1.807, 2.05) is 14.1 Å². The van der Waals surface area contributed by atoms with Crippen molar-refractivity contribution in [2.24, 2.45) is 0 Å². The van der Waals surface area contributed by atoms with Gasteiger partial charge >= 0.3 is 0 Å². The summed E-state index contributed by atoms with van der Waals surface area (Å²) in [7, 11) is 0.178. The molecule has 0 saturated carbocycles. The lowest BCUT2D eigenvalue weighted by Crippen LogP contribution is -3.06. The topological polar surface area (TPSA) is 90.7 Å². The molecular weight excluding hydrogens is 336 g/mol. The van der Waals surface area contributed by atoms with E-state index in [4.69, 9.17) is 0 Å². The molecule has 0 aliphatic rings. The summed E-state index contributed by atoms with van der Waals surface area (Å²) in [6.07, 6.45) is 0. The van der Waals surface area contributed by atoms with Crippen LogP contribution in [0.1, 0.15) is 10.4 Å². The second kappa shape index (κ2) is 6.47. The van der Waals surface area contributed by atoms with E-state index < -0.39 is 16.0 Å². The van der Waals surface area contributed by atoms with Crippen LogP contribution in [0.2, 0.25) is 0 Å². The van der Waals surface area contributed by atoms with Crippen LogP contribution in [-0.2, 0) is 10.0 Å². The van der Waals surface area contributed by atoms with Crippen LogP contribution in [0.25, 0.3) is 0 Å². The number of sulfonamides is 1. The fraction of sp³-hybridized carbons (Fsp3) is 0.364. The third kappa shape index (κ3) is 4.57. The van der Waals surface area contributed by atoms with Crippen LogP contribution in [0.4, 0.5) is 0 Å². The second-order valence-corrected chi connectivity index (χ2v) is 6.88. The van der Waals surface area contributed by atoms with E-state index in [1.165, 1.54) is 18.2 Å². The summed E-state index contributed by atoms with van der Waals surface area (Å²) in [6.45, 7) is 0.952. The molecule has 0 aliphatic carbocycles. The monoisotopic (exact) mass is 350 g/mol. The highest BCUT2D eigenvalue weighted by atomic mass is 79.9. The van der Waals surface area contributed by atoms with Crippen molar-refractivity contribution in [2.45, 2.75) is 4.90 Å². The first-order chi connectivity index (χ1) is 8.74. The number of carboxylic acids is 1. The molecule has 8 heteroatoms. The third-order valence-corrected chi connectivity index (χ3v) is 4.81. The SMILES string of the molecule is C[NH+](C)CCNS(=O)(=O)c1ccc(C(=O)[O-])cc1Br. The maximum Gasteiger partial charge on any atom is 0.241 e. The Balaban J connectivity index is 2.93. The Hall–Kier alpha value is -0.960. The van der Waals surface area contributed by atoms with Crippen molar-refractivity contribution in [1.29, 1.82) is 0 Å². The number of likely N-dealkylation sites (N-methyl/N-ethyl adjacent to an activating group) is 1. The van der Waals surface area contributed by atoms with Crippen LogP contribution >= 0.6 is 15.9 Å². The number of carboxylic acid groups (broad SMARTS) is 1. The molecule has 19 heavy (non-hydrogen) atoms. The minimum Gasteiger partial charge on any atom is -0.545 e. The molecular formula is C11H15BrN2O4S. The van der Waals surface area contributed by atoms with Crippen LogP contribution in [0.3, 0.4) is 0 Å². The Labute approximate surface area is 120 Å². The van der Waals surface area contributed by atoms with Gasteiger partial charge in [0.2, 0.25) is 10.0 Å². The Morgan fingerprint density at radius 2 is 2.05 bits per heavy atom. The molecule has 0 aromatic heterocycles. The highest BCUT2D eigenvalue weighted by Gasteiger charge is 2.17. The summed E-state index contributed by atoms with van der Waals surface area (Å²) >= 11 is 3.06. The predicted octanol–water partition coefficient (Wildman–Crippen LogP) is -1.76. The molecule has 0 fully saturated rings. The van der Waals surface area contributed by atoms with E-state index in [9.17, 15) is 18.3 Å². The normalized spacial score (nSPS) is 11.8. The van der Waals surface area contributed by atoms with Gasteiger partial charge in [-0.3, -0.25) is 0 Å². The molecule has 2 N–H and O–H groups in total. The van der Waals surface area contributed by atoms with Gasteiger partial charge < -0.3 is 14.8 Å². The predicted molar refractivity (Wildman–Crippen MR) is 71.3 cm³/mol. The molecule has 0 heterocycles. The fourth-order valence-corrected chi connectivity index (χ4v) is 3.47. The van der Waals surface area contributed by atoms with Gasteiger partial charge in [0.25, 0.3) is 0 Å². The number of quaternary nitrogens is 1. The summed E-state index contributed by atoms with van der Waals surface area (Å²) < 4.78 is 26.7. The molecule has 1 aromatic rings. The van der Waals surface area contributed by atoms with Crippen molar-refractivity contribution in [1.82, 2.24) is 4.72 Å². The van der Waals surface area contributed by atoms with Gasteiger partial charge in [-0.1, -0.05) is 6.07 Å². The Bertz CT molecular complexity index is 572. The van der Waals surface area contributed by atoms with Gasteiger partial charge in [0.15, 0.2) is 0 Å². The molecule has 1 aromatic carbocycles. The van der Waals surface area contributed by atoms with Crippen molar-refractivity contribution >= 4 is 31.9 Å². The fourth-order valence-electron chi connectivity index (χ4n) is 1.36. The summed E-state index contributed by atoms with van der Waals surface area (Å²) in [5, 5.41) is 10.7. The van der Waals surface area contributed by atoms with E-state index in [-0.39, 0.29) is 14.9 Å². The van der Waals surface area contributed by atoms with Gasteiger partial charge in [-0.05, 0) is 33.6 Å². The van der Waals surface area contributed by atoms with Crippen LogP contribution in [0, 0.1) is 0 Å². The summed E-state index contributed by atoms with van der Waals surface area (Å²) in [5.41, 5.74) is -0.0800. The molecule has 1 rings (SSSR count). The van der Waals surface area contributed by atoms with Crippen LogP contribution < -0.4 is 14.7 Å². The number of hydrogen-bond acceptors (Lipinski definition) is 4. The molecule has 0 bridgehead atoms. The molecule has 0 aliphatic heterocycles. The Morgan fingerprint density at radius 1 is 1.42 bits per heavy atom. The van der Waals surface area contributed by atoms with Crippen molar-refractivity contribution in [3.63, 3.8) is 0 Å². The Morgan fingerprint density at radius 3 is 2.53 bits per heavy atom. The lowest BCUT2D eigenvalue weighted by atomic mass is 10.2. The molecule has 0 unspecified atom stereocenters. The van der Waals surface area contributed by atoms with Gasteiger partial charge in [0, 0.05) is 4.47 Å². The van der Waals surface area contributed by atoms with Gasteiger partial charge in [0.05, 0.1) is 38.0 Å². The molecule has 6 nitrogen and oxygen atoms in total. The summed E-state index contributed by atoms with van der Waals surface area (Å²) in [5.74, 6) is -1.35. The van der Waals surface area contributed by atoms with Crippen molar-refractivity contribution < 1.29 is 23.2 Å². The number of rotatable bonds is 6. The minimum atomic E-state index is -3.65. The zero-order chi connectivity index (χ0) is 14.6. The van der Waals surface area contributed by atoms with Gasteiger partial charge in [-0.2, -0.15) is 0 Å². The molecule has 0 radical (unpaired) electrons. The van der Waals surface area contributed by atoms with E-state index in [2.05, 4.69) is 20.7 Å². The number of aromatic carboxylic acids is 1. The molecule has 0 atom stereocenters. The first-order valence-corrected chi connectivity index (χ1v) is 7.81. The summed E-state index contributed by atoms with van der Waals surface area (Å²) in [6, 6.07) is 3.65. The van der Waals surface area contributed by atoms with E-state index in [1.54, 1.807) is 0 Å². The van der Waals surface area contributed by atoms with Crippen molar-refractivity contribution in [3.05, 3.63) is 28.2 Å². The lowest BCUT2D eigenvalue weighted by molar-refractivity contribution is -0.856. The van der Waals surface area contributed by atoms with Crippen LogP contribution in [-0.4, -0.2) is 41.6 Å². The number of benzene rings is 1. The zero-order valence-corrected chi connectivity index (χ0v) is 13.0. The standard InChI is InChI=1S/C11H15BrN2O4S/c1-14(2)6-5-13-19(17,18)10-4-3-8(11(15)16)7-9(10)12/h3-4,7,13H,5-6H2,1-2H3,(H,15,16). The van der Waals surface area contributed by atoms with Crippen molar-refractivity contribution in [3.8, 4) is 0 Å². The molecule has 0 amide bonds. The highest BCUT2D eigenvalue weighted by Crippen LogP contribution is 2.22. The zero-order valence-electron chi connectivity index (χ0n) is 10.6. The second-order valence-electron chi connectivity index (χ2n) is 4.29. The Kier molecular flexibility index (Phi) is 5.48. The maximum atomic E-state index is 12.0. The van der Waals surface area contributed by atoms with Crippen molar-refractivity contribution in [2.75, 3.05) is 27.2 Å². The van der Waals surface area contributed by atoms with Gasteiger partial charge in [0.1, 0.15) is 0 Å². The third-order valence-electron chi connectivity index (χ3n) is 2.37. The average Bonchev–Trinajstić information content (AvgIpc) is 2.27. The number of carbonyl (C=O) groups is 1. The smallest absolute Gasteiger partial charge is 0.241 e. The number of carbonyl (C=O) groups excluding carboxylic acids is 1. The quantitative estimate of drug-likeness (QED) is 0.635. The highest BCUT2D eigenvalue weighted by molar-refractivity contribution is 9.10. The number of nitrogens with one attached hydrogen (secondary N) is 2. The first kappa shape index (κ1) is 16.1. The van der Waals surface area contributed by atoms with E-state index in [0.29, 0.717) is 13.1 Å². The first-order valence-electron chi connectivity index (χ1n) is 5.53. The van der Waals surface area contributed by atoms with Gasteiger partial charge in [-0.15, -0.1) is 0 Å². The van der Waals surface area contributed by atoms with Crippen LogP contribution in [0.5, 0.6) is 0 Å². The molecule has 0 saturated heterocycles. The van der Waals surface area contributed by atoms with E-state index in [0.717, 1.165) is 4.90 Å². The minimum absolute atomic E-state index is 0.00579. The van der Waals surface area contributed by atoms with E-state index >= 15 is 0 Å². The number of halogens is 1. The molecule has 106 valence electrons.